The Bertz CT molecular complexity index is 2480. The average molecular weight is 595 g/mol. The van der Waals surface area contributed by atoms with Gasteiger partial charge >= 0.3 is 0 Å². The molecule has 0 spiro atoms. The van der Waals surface area contributed by atoms with Gasteiger partial charge in [-0.1, -0.05) is 97.1 Å². The number of thiophene rings is 1. The van der Waals surface area contributed by atoms with Crippen LogP contribution in [0.4, 0.5) is 17.1 Å². The lowest BCUT2D eigenvalue weighted by Crippen LogP contribution is -2.10. The highest BCUT2D eigenvalue weighted by molar-refractivity contribution is 7.25. The van der Waals surface area contributed by atoms with E-state index >= 15 is 0 Å². The molecule has 0 unspecified atom stereocenters. The predicted octanol–water partition coefficient (Wildman–Crippen LogP) is 12.2. The van der Waals surface area contributed by atoms with Crippen molar-refractivity contribution < 1.29 is 4.42 Å². The van der Waals surface area contributed by atoms with E-state index in [1.807, 2.05) is 41.7 Å². The highest BCUT2D eigenvalue weighted by atomic mass is 32.1. The van der Waals surface area contributed by atoms with Gasteiger partial charge in [-0.15, -0.1) is 11.3 Å². The van der Waals surface area contributed by atoms with Crippen LogP contribution in [0.3, 0.4) is 0 Å². The highest BCUT2D eigenvalue weighted by Gasteiger charge is 2.21. The van der Waals surface area contributed by atoms with Crippen molar-refractivity contribution >= 4 is 70.4 Å². The molecule has 0 radical (unpaired) electrons. The number of hydrogen-bond acceptors (Lipinski definition) is 4. The van der Waals surface area contributed by atoms with Gasteiger partial charge in [0.15, 0.2) is 5.58 Å². The van der Waals surface area contributed by atoms with E-state index in [1.165, 1.54) is 31.3 Å². The summed E-state index contributed by atoms with van der Waals surface area (Å²) in [6.45, 7) is 0. The maximum atomic E-state index is 6.59. The molecule has 0 N–H and O–H groups in total. The molecule has 4 heteroatoms. The largest absolute Gasteiger partial charge is 0.435 e. The molecule has 0 aliphatic rings. The topological polar surface area (TPSA) is 29.3 Å². The minimum Gasteiger partial charge on any atom is -0.435 e. The predicted molar refractivity (Wildman–Crippen MR) is 190 cm³/mol. The molecule has 0 saturated heterocycles. The molecule has 0 fully saturated rings. The van der Waals surface area contributed by atoms with E-state index in [-0.39, 0.29) is 0 Å². The van der Waals surface area contributed by atoms with Crippen LogP contribution in [-0.2, 0) is 0 Å². The summed E-state index contributed by atoms with van der Waals surface area (Å²) in [5, 5.41) is 4.67. The molecule has 0 aliphatic heterocycles. The van der Waals surface area contributed by atoms with Gasteiger partial charge in [0.25, 0.3) is 0 Å². The zero-order valence-corrected chi connectivity index (χ0v) is 25.0. The van der Waals surface area contributed by atoms with E-state index in [4.69, 9.17) is 9.40 Å². The van der Waals surface area contributed by atoms with Crippen LogP contribution in [0.2, 0.25) is 0 Å². The van der Waals surface area contributed by atoms with E-state index < -0.39 is 0 Å². The second-order valence-electron chi connectivity index (χ2n) is 11.2. The van der Waals surface area contributed by atoms with Crippen LogP contribution < -0.4 is 4.90 Å². The van der Waals surface area contributed by atoms with Crippen molar-refractivity contribution in [3.63, 3.8) is 0 Å². The second-order valence-corrected chi connectivity index (χ2v) is 12.3. The van der Waals surface area contributed by atoms with Crippen molar-refractivity contribution in [3.8, 4) is 22.6 Å². The number of oxazole rings is 1. The smallest absolute Gasteiger partial charge is 0.227 e. The molecular weight excluding hydrogens is 569 g/mol. The van der Waals surface area contributed by atoms with Crippen LogP contribution in [-0.4, -0.2) is 4.98 Å². The Kier molecular flexibility index (Phi) is 6.00. The van der Waals surface area contributed by atoms with E-state index in [0.29, 0.717) is 5.89 Å². The minimum atomic E-state index is 0.623. The minimum absolute atomic E-state index is 0.623. The molecule has 9 aromatic rings. The highest BCUT2D eigenvalue weighted by Crippen LogP contribution is 2.45. The van der Waals surface area contributed by atoms with Gasteiger partial charge in [0, 0.05) is 37.1 Å². The van der Waals surface area contributed by atoms with Gasteiger partial charge in [-0.2, -0.15) is 0 Å². The first-order valence-electron chi connectivity index (χ1n) is 15.0. The summed E-state index contributed by atoms with van der Waals surface area (Å²) in [6, 6.07) is 55.6. The maximum Gasteiger partial charge on any atom is 0.227 e. The first kappa shape index (κ1) is 25.8. The summed E-state index contributed by atoms with van der Waals surface area (Å²) >= 11 is 1.84. The number of fused-ring (bicyclic) bond motifs is 6. The summed E-state index contributed by atoms with van der Waals surface area (Å²) in [6.07, 6.45) is 0. The number of benzene rings is 7. The van der Waals surface area contributed by atoms with Crippen LogP contribution in [0.15, 0.2) is 162 Å². The van der Waals surface area contributed by atoms with Gasteiger partial charge in [-0.05, 0) is 77.2 Å². The molecular formula is C41H26N2OS. The van der Waals surface area contributed by atoms with Gasteiger partial charge in [-0.3, -0.25) is 0 Å². The third-order valence-corrected chi connectivity index (χ3v) is 9.64. The van der Waals surface area contributed by atoms with Crippen molar-refractivity contribution in [2.24, 2.45) is 0 Å². The number of aromatic nitrogens is 1. The second kappa shape index (κ2) is 10.5. The molecule has 9 rings (SSSR count). The Labute approximate surface area is 264 Å². The summed E-state index contributed by atoms with van der Waals surface area (Å²) in [4.78, 5) is 7.26. The van der Waals surface area contributed by atoms with Crippen molar-refractivity contribution in [1.29, 1.82) is 0 Å². The Morgan fingerprint density at radius 2 is 1.20 bits per heavy atom. The van der Waals surface area contributed by atoms with Gasteiger partial charge < -0.3 is 9.32 Å². The number of anilines is 3. The van der Waals surface area contributed by atoms with Crippen LogP contribution in [0.25, 0.3) is 64.6 Å². The molecule has 212 valence electrons. The Morgan fingerprint density at radius 3 is 2.02 bits per heavy atom. The molecule has 3 nitrogen and oxygen atoms in total. The third-order valence-electron chi connectivity index (χ3n) is 8.49. The molecule has 2 heterocycles. The van der Waals surface area contributed by atoms with Gasteiger partial charge in [0.2, 0.25) is 5.89 Å². The van der Waals surface area contributed by atoms with E-state index in [9.17, 15) is 0 Å². The fourth-order valence-corrected chi connectivity index (χ4v) is 7.43. The van der Waals surface area contributed by atoms with E-state index in [1.54, 1.807) is 0 Å². The Morgan fingerprint density at radius 1 is 0.511 bits per heavy atom. The zero-order chi connectivity index (χ0) is 29.7. The quantitative estimate of drug-likeness (QED) is 0.198. The summed E-state index contributed by atoms with van der Waals surface area (Å²) < 4.78 is 9.16. The molecule has 0 aliphatic carbocycles. The fourth-order valence-electron chi connectivity index (χ4n) is 6.34. The molecule has 7 aromatic carbocycles. The SMILES string of the molecule is c1ccc(-c2ccc(N(c3ccc4sc5ccccc5c4c3)c3cccc4ccc5nc(-c6ccccc6)oc5c34)cc2)cc1. The fraction of sp³-hybridized carbons (Fsp3) is 0. The molecule has 0 bridgehead atoms. The number of hydrogen-bond donors (Lipinski definition) is 0. The molecule has 0 amide bonds. The zero-order valence-electron chi connectivity index (χ0n) is 24.2. The van der Waals surface area contributed by atoms with Gasteiger partial charge in [-0.25, -0.2) is 4.98 Å². The third kappa shape index (κ3) is 4.38. The maximum absolute atomic E-state index is 6.59. The molecule has 0 atom stereocenters. The Balaban J connectivity index is 1.29. The van der Waals surface area contributed by atoms with Crippen molar-refractivity contribution in [3.05, 3.63) is 158 Å². The summed E-state index contributed by atoms with van der Waals surface area (Å²) in [5.74, 6) is 0.623. The molecule has 2 aromatic heterocycles. The van der Waals surface area contributed by atoms with Crippen LogP contribution >= 0.6 is 11.3 Å². The van der Waals surface area contributed by atoms with Crippen molar-refractivity contribution in [1.82, 2.24) is 4.98 Å². The van der Waals surface area contributed by atoms with Crippen LogP contribution in [0, 0.1) is 0 Å². The first-order valence-corrected chi connectivity index (χ1v) is 15.9. The van der Waals surface area contributed by atoms with Crippen LogP contribution in [0.5, 0.6) is 0 Å². The number of nitrogens with zero attached hydrogens (tertiary/aromatic N) is 2. The molecule has 45 heavy (non-hydrogen) atoms. The van der Waals surface area contributed by atoms with Gasteiger partial charge in [0.1, 0.15) is 5.52 Å². The lowest BCUT2D eigenvalue weighted by molar-refractivity contribution is 0.623. The number of rotatable bonds is 5. The standard InChI is InChI=1S/C41H26N2OS/c1-3-10-27(11-4-1)28-18-21-31(22-19-28)43(32-23-25-38-34(26-32)33-15-7-8-17-37(33)45-38)36-16-9-14-29-20-24-35-40(39(29)36)44-41(42-35)30-12-5-2-6-13-30/h1-26H. The summed E-state index contributed by atoms with van der Waals surface area (Å²) in [7, 11) is 0. The average Bonchev–Trinajstić information content (AvgIpc) is 3.72. The summed E-state index contributed by atoms with van der Waals surface area (Å²) in [5.41, 5.74) is 8.17. The van der Waals surface area contributed by atoms with E-state index in [2.05, 4.69) is 132 Å². The monoisotopic (exact) mass is 594 g/mol. The normalized spacial score (nSPS) is 11.6. The van der Waals surface area contributed by atoms with Crippen molar-refractivity contribution in [2.75, 3.05) is 4.90 Å². The van der Waals surface area contributed by atoms with Crippen LogP contribution in [0.1, 0.15) is 0 Å². The molecule has 0 saturated carbocycles. The van der Waals surface area contributed by atoms with Gasteiger partial charge in [0.05, 0.1) is 11.1 Å². The Hall–Kier alpha value is -5.71. The lowest BCUT2D eigenvalue weighted by atomic mass is 10.0. The van der Waals surface area contributed by atoms with E-state index in [0.717, 1.165) is 44.5 Å². The lowest BCUT2D eigenvalue weighted by Gasteiger charge is -2.27. The van der Waals surface area contributed by atoms with Crippen molar-refractivity contribution in [2.45, 2.75) is 0 Å². The first-order chi connectivity index (χ1) is 22.3.